The molecule has 0 saturated heterocycles. The van der Waals surface area contributed by atoms with Crippen LogP contribution in [0.2, 0.25) is 0 Å². The zero-order chi connectivity index (χ0) is 18.7. The topological polar surface area (TPSA) is 62.3 Å². The summed E-state index contributed by atoms with van der Waals surface area (Å²) in [5, 5.41) is 3.53. The number of benzene rings is 2. The lowest BCUT2D eigenvalue weighted by Crippen LogP contribution is -2.33. The van der Waals surface area contributed by atoms with Gasteiger partial charge in [-0.15, -0.1) is 0 Å². The summed E-state index contributed by atoms with van der Waals surface area (Å²) >= 11 is 1.48. The number of aromatic nitrogens is 1. The molecule has 2 aromatic carbocycles. The molecule has 5 nitrogen and oxygen atoms in total. The van der Waals surface area contributed by atoms with E-state index >= 15 is 0 Å². The molecule has 134 valence electrons. The van der Waals surface area contributed by atoms with Gasteiger partial charge in [0.1, 0.15) is 0 Å². The van der Waals surface area contributed by atoms with Crippen molar-refractivity contribution in [1.29, 1.82) is 0 Å². The fourth-order valence-corrected chi connectivity index (χ4v) is 3.66. The van der Waals surface area contributed by atoms with Crippen LogP contribution in [0.5, 0.6) is 0 Å². The molecule has 0 aliphatic heterocycles. The maximum Gasteiger partial charge on any atom is 0.230 e. The molecule has 3 rings (SSSR count). The van der Waals surface area contributed by atoms with E-state index < -0.39 is 0 Å². The van der Waals surface area contributed by atoms with Gasteiger partial charge in [0.15, 0.2) is 5.13 Å². The van der Waals surface area contributed by atoms with Crippen LogP contribution in [-0.2, 0) is 9.59 Å². The molecule has 0 spiro atoms. The summed E-state index contributed by atoms with van der Waals surface area (Å²) in [4.78, 5) is 30.5. The Balaban J connectivity index is 1.79. The molecule has 6 heteroatoms. The third-order valence-corrected chi connectivity index (χ3v) is 5.29. The van der Waals surface area contributed by atoms with E-state index in [9.17, 15) is 9.59 Å². The molecule has 1 atom stereocenters. The summed E-state index contributed by atoms with van der Waals surface area (Å²) in [6.07, 6.45) is 0.176. The van der Waals surface area contributed by atoms with Crippen LogP contribution in [0.4, 0.5) is 5.13 Å². The minimum absolute atomic E-state index is 0.0941. The van der Waals surface area contributed by atoms with Gasteiger partial charge in [-0.2, -0.15) is 0 Å². The van der Waals surface area contributed by atoms with E-state index in [-0.39, 0.29) is 24.3 Å². The number of anilines is 1. The molecule has 3 aromatic rings. The number of thiazole rings is 1. The van der Waals surface area contributed by atoms with E-state index in [4.69, 9.17) is 0 Å². The normalized spacial score (nSPS) is 12.0. The molecule has 2 amide bonds. The average molecular weight is 367 g/mol. The van der Waals surface area contributed by atoms with Gasteiger partial charge in [0.25, 0.3) is 0 Å². The standard InChI is InChI=1S/C20H21N3O2S/c1-13-8-10-15(11-9-13)17(21-14(2)24)12-19(25)23(3)20-22-16-6-4-5-7-18(16)26-20/h4-11,17H,12H2,1-3H3,(H,21,24). The number of carbonyl (C=O) groups excluding carboxylic acids is 2. The third kappa shape index (κ3) is 4.08. The monoisotopic (exact) mass is 367 g/mol. The van der Waals surface area contributed by atoms with Crippen LogP contribution in [0.3, 0.4) is 0 Å². The number of nitrogens with zero attached hydrogens (tertiary/aromatic N) is 2. The highest BCUT2D eigenvalue weighted by Crippen LogP contribution is 2.29. The van der Waals surface area contributed by atoms with Crippen molar-refractivity contribution < 1.29 is 9.59 Å². The zero-order valence-corrected chi connectivity index (χ0v) is 15.8. The lowest BCUT2D eigenvalue weighted by molar-refractivity contribution is -0.121. The van der Waals surface area contributed by atoms with E-state index in [1.165, 1.54) is 18.3 Å². The third-order valence-electron chi connectivity index (χ3n) is 4.18. The second-order valence-corrected chi connectivity index (χ2v) is 7.29. The van der Waals surface area contributed by atoms with E-state index in [0.29, 0.717) is 5.13 Å². The van der Waals surface area contributed by atoms with E-state index in [2.05, 4.69) is 10.3 Å². The number of amides is 2. The van der Waals surface area contributed by atoms with Crippen molar-refractivity contribution in [2.24, 2.45) is 0 Å². The van der Waals surface area contributed by atoms with E-state index in [1.807, 2.05) is 55.5 Å². The number of hydrogen-bond donors (Lipinski definition) is 1. The van der Waals surface area contributed by atoms with Crippen molar-refractivity contribution in [1.82, 2.24) is 10.3 Å². The summed E-state index contributed by atoms with van der Waals surface area (Å²) in [6.45, 7) is 3.46. The molecule has 26 heavy (non-hydrogen) atoms. The van der Waals surface area contributed by atoms with Crippen LogP contribution in [0.1, 0.15) is 30.5 Å². The number of aryl methyl sites for hydroxylation is 1. The molecule has 0 bridgehead atoms. The molecule has 1 heterocycles. The Morgan fingerprint density at radius 1 is 1.15 bits per heavy atom. The molecule has 0 aliphatic carbocycles. The summed E-state index contributed by atoms with van der Waals surface area (Å²) in [5.41, 5.74) is 2.93. The van der Waals surface area contributed by atoms with Crippen LogP contribution in [0, 0.1) is 6.92 Å². The second kappa shape index (κ2) is 7.66. The summed E-state index contributed by atoms with van der Waals surface area (Å²) in [5.74, 6) is -0.255. The van der Waals surface area contributed by atoms with E-state index in [0.717, 1.165) is 21.3 Å². The van der Waals surface area contributed by atoms with Crippen molar-refractivity contribution in [3.8, 4) is 0 Å². The maximum atomic E-state index is 12.8. The number of para-hydroxylation sites is 1. The Kier molecular flexibility index (Phi) is 5.32. The fourth-order valence-electron chi connectivity index (χ4n) is 2.72. The lowest BCUT2D eigenvalue weighted by atomic mass is 10.0. The Labute approximate surface area is 156 Å². The first kappa shape index (κ1) is 18.1. The first-order valence-electron chi connectivity index (χ1n) is 8.40. The van der Waals surface area contributed by atoms with Gasteiger partial charge in [-0.25, -0.2) is 4.98 Å². The number of nitrogens with one attached hydrogen (secondary N) is 1. The van der Waals surface area contributed by atoms with Crippen molar-refractivity contribution in [3.05, 3.63) is 59.7 Å². The van der Waals surface area contributed by atoms with Crippen LogP contribution < -0.4 is 10.2 Å². The Morgan fingerprint density at radius 3 is 2.50 bits per heavy atom. The number of carbonyl (C=O) groups is 2. The van der Waals surface area contributed by atoms with Gasteiger partial charge in [0, 0.05) is 14.0 Å². The lowest BCUT2D eigenvalue weighted by Gasteiger charge is -2.21. The number of fused-ring (bicyclic) bond motifs is 1. The average Bonchev–Trinajstić information content (AvgIpc) is 3.04. The minimum Gasteiger partial charge on any atom is -0.349 e. The van der Waals surface area contributed by atoms with Crippen molar-refractivity contribution in [3.63, 3.8) is 0 Å². The van der Waals surface area contributed by atoms with Gasteiger partial charge in [0.2, 0.25) is 11.8 Å². The molecule has 1 N–H and O–H groups in total. The predicted octanol–water partition coefficient (Wildman–Crippen LogP) is 3.84. The smallest absolute Gasteiger partial charge is 0.230 e. The van der Waals surface area contributed by atoms with Gasteiger partial charge < -0.3 is 5.32 Å². The Morgan fingerprint density at radius 2 is 1.85 bits per heavy atom. The largest absolute Gasteiger partial charge is 0.349 e. The maximum absolute atomic E-state index is 12.8. The zero-order valence-electron chi connectivity index (χ0n) is 15.0. The summed E-state index contributed by atoms with van der Waals surface area (Å²) < 4.78 is 1.04. The highest BCUT2D eigenvalue weighted by atomic mass is 32.1. The molecule has 0 radical (unpaired) electrons. The minimum atomic E-state index is -0.363. The van der Waals surface area contributed by atoms with Crippen molar-refractivity contribution >= 4 is 38.5 Å². The van der Waals surface area contributed by atoms with Crippen LogP contribution in [-0.4, -0.2) is 23.8 Å². The fraction of sp³-hybridized carbons (Fsp3) is 0.250. The SMILES string of the molecule is CC(=O)NC(CC(=O)N(C)c1nc2ccccc2s1)c1ccc(C)cc1. The number of hydrogen-bond acceptors (Lipinski definition) is 4. The summed E-state index contributed by atoms with van der Waals surface area (Å²) in [7, 11) is 1.72. The predicted molar refractivity (Wildman–Crippen MR) is 105 cm³/mol. The van der Waals surface area contributed by atoms with Crippen molar-refractivity contribution in [2.45, 2.75) is 26.3 Å². The molecule has 0 saturated carbocycles. The summed E-state index contributed by atoms with van der Waals surface area (Å²) in [6, 6.07) is 15.3. The number of rotatable bonds is 5. The Bertz CT molecular complexity index is 901. The molecule has 1 aromatic heterocycles. The highest BCUT2D eigenvalue weighted by Gasteiger charge is 2.22. The molecule has 0 aliphatic rings. The van der Waals surface area contributed by atoms with Gasteiger partial charge in [0.05, 0.1) is 22.7 Å². The van der Waals surface area contributed by atoms with Gasteiger partial charge >= 0.3 is 0 Å². The molecular formula is C20H21N3O2S. The molecule has 1 unspecified atom stereocenters. The first-order valence-corrected chi connectivity index (χ1v) is 9.21. The Hall–Kier alpha value is -2.73. The highest BCUT2D eigenvalue weighted by molar-refractivity contribution is 7.22. The van der Waals surface area contributed by atoms with Crippen LogP contribution in [0.25, 0.3) is 10.2 Å². The quantitative estimate of drug-likeness (QED) is 0.745. The van der Waals surface area contributed by atoms with Crippen LogP contribution in [0.15, 0.2) is 48.5 Å². The van der Waals surface area contributed by atoms with Crippen molar-refractivity contribution in [2.75, 3.05) is 11.9 Å². The molecule has 0 fully saturated rings. The van der Waals surface area contributed by atoms with Gasteiger partial charge in [-0.05, 0) is 24.6 Å². The van der Waals surface area contributed by atoms with E-state index in [1.54, 1.807) is 11.9 Å². The van der Waals surface area contributed by atoms with Gasteiger partial charge in [-0.1, -0.05) is 53.3 Å². The van der Waals surface area contributed by atoms with Crippen LogP contribution >= 0.6 is 11.3 Å². The second-order valence-electron chi connectivity index (χ2n) is 6.28. The van der Waals surface area contributed by atoms with Gasteiger partial charge in [-0.3, -0.25) is 14.5 Å². The molecular weight excluding hydrogens is 346 g/mol. The first-order chi connectivity index (χ1) is 12.4.